The number of rotatable bonds is 8. The van der Waals surface area contributed by atoms with Crippen LogP contribution < -0.4 is 15.2 Å². The van der Waals surface area contributed by atoms with Crippen LogP contribution in [0.4, 0.5) is 11.5 Å². The van der Waals surface area contributed by atoms with Gasteiger partial charge in [0.2, 0.25) is 0 Å². The first-order valence-electron chi connectivity index (χ1n) is 10.8. The van der Waals surface area contributed by atoms with Gasteiger partial charge < -0.3 is 19.3 Å². The van der Waals surface area contributed by atoms with Crippen LogP contribution >= 0.6 is 0 Å². The van der Waals surface area contributed by atoms with Gasteiger partial charge in [-0.3, -0.25) is 14.9 Å². The molecule has 2 heterocycles. The lowest BCUT2D eigenvalue weighted by Crippen LogP contribution is -2.35. The van der Waals surface area contributed by atoms with Crippen molar-refractivity contribution in [3.05, 3.63) is 68.5 Å². The molecule has 0 aliphatic carbocycles. The van der Waals surface area contributed by atoms with Gasteiger partial charge in [0.1, 0.15) is 18.5 Å². The maximum atomic E-state index is 13.3. The molecule has 32 heavy (non-hydrogen) atoms. The molecular formula is C23H26N4O5. The number of anilines is 1. The fraction of sp³-hybridized carbons (Fsp3) is 0.391. The highest BCUT2D eigenvalue weighted by atomic mass is 16.6. The summed E-state index contributed by atoms with van der Waals surface area (Å²) in [7, 11) is 0. The van der Waals surface area contributed by atoms with Crippen LogP contribution in [-0.2, 0) is 13.0 Å². The van der Waals surface area contributed by atoms with Crippen molar-refractivity contribution in [2.45, 2.75) is 38.8 Å². The largest absolute Gasteiger partial charge is 0.491 e. The molecule has 1 atom stereocenters. The molecule has 1 unspecified atom stereocenters. The van der Waals surface area contributed by atoms with Crippen molar-refractivity contribution in [3.8, 4) is 5.75 Å². The highest BCUT2D eigenvalue weighted by Crippen LogP contribution is 2.23. The summed E-state index contributed by atoms with van der Waals surface area (Å²) >= 11 is 0. The Bertz CT molecular complexity index is 1170. The van der Waals surface area contributed by atoms with Gasteiger partial charge in [0.25, 0.3) is 11.2 Å². The van der Waals surface area contributed by atoms with Gasteiger partial charge in [0, 0.05) is 25.2 Å². The number of nitro groups is 1. The number of aryl methyl sites for hydroxylation is 1. The van der Waals surface area contributed by atoms with Crippen LogP contribution in [0.3, 0.4) is 0 Å². The zero-order chi connectivity index (χ0) is 22.7. The first kappa shape index (κ1) is 21.8. The van der Waals surface area contributed by atoms with Crippen molar-refractivity contribution in [2.75, 3.05) is 24.6 Å². The number of non-ortho nitro benzene ring substituents is 1. The molecule has 3 aromatic rings. The molecular weight excluding hydrogens is 412 g/mol. The molecule has 0 amide bonds. The Hall–Kier alpha value is -3.46. The molecule has 9 nitrogen and oxygen atoms in total. The summed E-state index contributed by atoms with van der Waals surface area (Å²) in [4.78, 5) is 30.4. The van der Waals surface area contributed by atoms with Crippen molar-refractivity contribution >= 4 is 22.5 Å². The van der Waals surface area contributed by atoms with Crippen LogP contribution in [0.15, 0.2) is 47.3 Å². The summed E-state index contributed by atoms with van der Waals surface area (Å²) in [5.74, 6) is 0.939. The Kier molecular flexibility index (Phi) is 6.36. The maximum Gasteiger partial charge on any atom is 0.294 e. The van der Waals surface area contributed by atoms with Crippen molar-refractivity contribution in [3.63, 3.8) is 0 Å². The van der Waals surface area contributed by atoms with Gasteiger partial charge in [-0.2, -0.15) is 0 Å². The van der Waals surface area contributed by atoms with Gasteiger partial charge in [-0.1, -0.05) is 19.1 Å². The van der Waals surface area contributed by atoms with E-state index in [0.29, 0.717) is 22.6 Å². The second-order valence-electron chi connectivity index (χ2n) is 7.94. The van der Waals surface area contributed by atoms with E-state index in [-0.39, 0.29) is 24.4 Å². The Morgan fingerprint density at radius 3 is 2.56 bits per heavy atom. The van der Waals surface area contributed by atoms with Crippen LogP contribution in [0.1, 0.15) is 25.3 Å². The number of aliphatic hydroxyl groups excluding tert-OH is 1. The third kappa shape index (κ3) is 4.57. The number of aromatic nitrogens is 2. The SMILES string of the molecule is CCc1ccc(OCC(O)Cn2c(=O)c(N3CCCC3)nc3ccc([N+](=O)[O-])cc32)cc1. The number of nitrogens with zero attached hydrogens (tertiary/aromatic N) is 4. The Balaban J connectivity index is 1.63. The Morgan fingerprint density at radius 2 is 1.91 bits per heavy atom. The number of ether oxygens (including phenoxy) is 1. The minimum absolute atomic E-state index is 0.0182. The lowest BCUT2D eigenvalue weighted by atomic mass is 10.2. The quantitative estimate of drug-likeness (QED) is 0.425. The second-order valence-corrected chi connectivity index (χ2v) is 7.94. The van der Waals surface area contributed by atoms with Crippen molar-refractivity contribution < 1.29 is 14.8 Å². The summed E-state index contributed by atoms with van der Waals surface area (Å²) in [6, 6.07) is 11.9. The molecule has 0 radical (unpaired) electrons. The third-order valence-electron chi connectivity index (χ3n) is 5.70. The van der Waals surface area contributed by atoms with E-state index in [2.05, 4.69) is 11.9 Å². The van der Waals surface area contributed by atoms with E-state index >= 15 is 0 Å². The van der Waals surface area contributed by atoms with Crippen LogP contribution in [0.25, 0.3) is 11.0 Å². The van der Waals surface area contributed by atoms with Crippen LogP contribution in [0.5, 0.6) is 5.75 Å². The second kappa shape index (κ2) is 9.35. The zero-order valence-electron chi connectivity index (χ0n) is 17.9. The van der Waals surface area contributed by atoms with E-state index in [4.69, 9.17) is 4.74 Å². The molecule has 1 saturated heterocycles. The minimum Gasteiger partial charge on any atom is -0.491 e. The molecule has 0 spiro atoms. The molecule has 168 valence electrons. The number of benzene rings is 2. The molecule has 0 bridgehead atoms. The minimum atomic E-state index is -0.991. The lowest BCUT2D eigenvalue weighted by Gasteiger charge is -2.20. The molecule has 1 aliphatic rings. The summed E-state index contributed by atoms with van der Waals surface area (Å²) in [5, 5.41) is 21.9. The average Bonchev–Trinajstić information content (AvgIpc) is 3.34. The number of nitro benzene ring substituents is 1. The normalized spacial score (nSPS) is 14.6. The van der Waals surface area contributed by atoms with Crippen LogP contribution in [0.2, 0.25) is 0 Å². The first-order chi connectivity index (χ1) is 15.5. The van der Waals surface area contributed by atoms with E-state index in [1.807, 2.05) is 29.2 Å². The van der Waals surface area contributed by atoms with Gasteiger partial charge in [-0.25, -0.2) is 4.98 Å². The zero-order valence-corrected chi connectivity index (χ0v) is 17.9. The topological polar surface area (TPSA) is 111 Å². The van der Waals surface area contributed by atoms with Gasteiger partial charge in [-0.15, -0.1) is 0 Å². The van der Waals surface area contributed by atoms with Gasteiger partial charge in [0.05, 0.1) is 22.5 Å². The monoisotopic (exact) mass is 438 g/mol. The highest BCUT2D eigenvalue weighted by molar-refractivity contribution is 5.79. The fourth-order valence-electron chi connectivity index (χ4n) is 3.92. The molecule has 9 heteroatoms. The van der Waals surface area contributed by atoms with Crippen LogP contribution in [0, 0.1) is 10.1 Å². The molecule has 1 N–H and O–H groups in total. The van der Waals surface area contributed by atoms with E-state index in [1.165, 1.54) is 22.3 Å². The molecule has 0 saturated carbocycles. The Labute approximate surface area is 185 Å². The number of hydrogen-bond donors (Lipinski definition) is 1. The molecule has 4 rings (SSSR count). The standard InChI is InChI=1S/C23H26N4O5/c1-2-16-5-8-19(9-6-16)32-15-18(28)14-26-21-13-17(27(30)31)7-10-20(21)24-22(23(26)29)25-11-3-4-12-25/h5-10,13,18,28H,2-4,11-12,14-15H2,1H3. The number of fused-ring (bicyclic) bond motifs is 1. The first-order valence-corrected chi connectivity index (χ1v) is 10.8. The number of aliphatic hydroxyl groups is 1. The van der Waals surface area contributed by atoms with E-state index in [0.717, 1.165) is 32.4 Å². The van der Waals surface area contributed by atoms with Crippen LogP contribution in [-0.4, -0.2) is 45.4 Å². The lowest BCUT2D eigenvalue weighted by molar-refractivity contribution is -0.384. The van der Waals surface area contributed by atoms with Gasteiger partial charge in [0.15, 0.2) is 5.82 Å². The Morgan fingerprint density at radius 1 is 1.19 bits per heavy atom. The van der Waals surface area contributed by atoms with Crippen molar-refractivity contribution in [1.82, 2.24) is 9.55 Å². The van der Waals surface area contributed by atoms with Crippen molar-refractivity contribution in [1.29, 1.82) is 0 Å². The average molecular weight is 438 g/mol. The van der Waals surface area contributed by atoms with E-state index in [1.54, 1.807) is 6.07 Å². The van der Waals surface area contributed by atoms with Crippen molar-refractivity contribution in [2.24, 2.45) is 0 Å². The predicted molar refractivity (Wildman–Crippen MR) is 121 cm³/mol. The molecule has 1 aromatic heterocycles. The summed E-state index contributed by atoms with van der Waals surface area (Å²) < 4.78 is 7.06. The molecule has 1 aliphatic heterocycles. The summed E-state index contributed by atoms with van der Waals surface area (Å²) in [5.41, 5.74) is 1.47. The summed E-state index contributed by atoms with van der Waals surface area (Å²) in [6.07, 6.45) is 1.89. The smallest absolute Gasteiger partial charge is 0.294 e. The summed E-state index contributed by atoms with van der Waals surface area (Å²) in [6.45, 7) is 3.46. The maximum absolute atomic E-state index is 13.3. The predicted octanol–water partition coefficient (Wildman–Crippen LogP) is 2.91. The fourth-order valence-corrected chi connectivity index (χ4v) is 3.92. The van der Waals surface area contributed by atoms with Gasteiger partial charge >= 0.3 is 0 Å². The molecule has 2 aromatic carbocycles. The molecule has 1 fully saturated rings. The van der Waals surface area contributed by atoms with E-state index in [9.17, 15) is 20.0 Å². The number of hydrogen-bond acceptors (Lipinski definition) is 7. The third-order valence-corrected chi connectivity index (χ3v) is 5.70. The van der Waals surface area contributed by atoms with E-state index < -0.39 is 11.0 Å². The van der Waals surface area contributed by atoms with Gasteiger partial charge in [-0.05, 0) is 43.0 Å². The highest BCUT2D eigenvalue weighted by Gasteiger charge is 2.22.